The van der Waals surface area contributed by atoms with Crippen LogP contribution in [0.25, 0.3) is 0 Å². The zero-order chi connectivity index (χ0) is 13.6. The Labute approximate surface area is 116 Å². The van der Waals surface area contributed by atoms with Gasteiger partial charge in [0.05, 0.1) is 6.61 Å². The number of aliphatic hydroxyl groups excluding tert-OH is 1. The van der Waals surface area contributed by atoms with Gasteiger partial charge in [-0.1, -0.05) is 0 Å². The molecule has 0 heterocycles. The summed E-state index contributed by atoms with van der Waals surface area (Å²) in [5, 5.41) is 9.19. The molecule has 0 aromatic rings. The van der Waals surface area contributed by atoms with E-state index in [4.69, 9.17) is 0 Å². The van der Waals surface area contributed by atoms with E-state index >= 15 is 0 Å². The van der Waals surface area contributed by atoms with Crippen molar-refractivity contribution >= 4 is 5.91 Å². The second-order valence-electron chi connectivity index (χ2n) is 7.31. The van der Waals surface area contributed by atoms with Crippen LogP contribution in [0.3, 0.4) is 0 Å². The van der Waals surface area contributed by atoms with Crippen molar-refractivity contribution in [3.05, 3.63) is 0 Å². The summed E-state index contributed by atoms with van der Waals surface area (Å²) in [6, 6.07) is 0.205. The number of carbonyl (C=O) groups is 1. The summed E-state index contributed by atoms with van der Waals surface area (Å²) < 4.78 is 0. The predicted molar refractivity (Wildman–Crippen MR) is 74.5 cm³/mol. The van der Waals surface area contributed by atoms with Crippen molar-refractivity contribution in [1.29, 1.82) is 0 Å². The summed E-state index contributed by atoms with van der Waals surface area (Å²) in [6.45, 7) is 4.70. The van der Waals surface area contributed by atoms with Crippen LogP contribution in [0.15, 0.2) is 0 Å². The summed E-state index contributed by atoms with van der Waals surface area (Å²) in [4.78, 5) is 14.8. The summed E-state index contributed by atoms with van der Waals surface area (Å²) in [5.41, 5.74) is 0. The summed E-state index contributed by atoms with van der Waals surface area (Å²) >= 11 is 0. The molecular weight excluding hydrogens is 238 g/mol. The number of aliphatic hydroxyl groups is 1. The van der Waals surface area contributed by atoms with Crippen molar-refractivity contribution in [2.24, 2.45) is 29.6 Å². The third-order valence-electron chi connectivity index (χ3n) is 5.76. The van der Waals surface area contributed by atoms with E-state index in [9.17, 15) is 9.90 Å². The fourth-order valence-electron chi connectivity index (χ4n) is 5.25. The van der Waals surface area contributed by atoms with Gasteiger partial charge in [0.25, 0.3) is 0 Å². The quantitative estimate of drug-likeness (QED) is 0.847. The number of hydrogen-bond donors (Lipinski definition) is 1. The molecule has 4 fully saturated rings. The largest absolute Gasteiger partial charge is 0.395 e. The van der Waals surface area contributed by atoms with E-state index in [0.29, 0.717) is 24.3 Å². The average Bonchev–Trinajstić information content (AvgIpc) is 2.33. The van der Waals surface area contributed by atoms with Crippen molar-refractivity contribution in [3.8, 4) is 0 Å². The van der Waals surface area contributed by atoms with Gasteiger partial charge in [0.2, 0.25) is 5.91 Å². The Bertz CT molecular complexity index is 325. The van der Waals surface area contributed by atoms with Crippen molar-refractivity contribution in [1.82, 2.24) is 4.90 Å². The van der Waals surface area contributed by atoms with Crippen molar-refractivity contribution in [2.45, 2.75) is 52.0 Å². The maximum Gasteiger partial charge on any atom is 0.226 e. The Morgan fingerprint density at radius 2 is 1.63 bits per heavy atom. The van der Waals surface area contributed by atoms with Crippen molar-refractivity contribution in [2.75, 3.05) is 13.2 Å². The first-order valence-corrected chi connectivity index (χ1v) is 8.01. The monoisotopic (exact) mass is 265 g/mol. The van der Waals surface area contributed by atoms with Crippen molar-refractivity contribution < 1.29 is 9.90 Å². The van der Waals surface area contributed by atoms with Gasteiger partial charge in [0.1, 0.15) is 0 Å². The van der Waals surface area contributed by atoms with Crippen LogP contribution in [-0.4, -0.2) is 35.1 Å². The lowest BCUT2D eigenvalue weighted by Gasteiger charge is -2.54. The summed E-state index contributed by atoms with van der Waals surface area (Å²) in [5.74, 6) is 3.71. The SMILES string of the molecule is CC(C)N(CCO)C(=O)C1C2CC3CC(C2)CC1C3. The zero-order valence-electron chi connectivity index (χ0n) is 12.2. The second kappa shape index (κ2) is 5.08. The highest BCUT2D eigenvalue weighted by Gasteiger charge is 2.51. The highest BCUT2D eigenvalue weighted by Crippen LogP contribution is 2.56. The lowest BCUT2D eigenvalue weighted by Crippen LogP contribution is -2.53. The van der Waals surface area contributed by atoms with E-state index in [0.717, 1.165) is 11.8 Å². The molecule has 0 spiro atoms. The van der Waals surface area contributed by atoms with Crippen LogP contribution in [0.2, 0.25) is 0 Å². The molecule has 4 aliphatic rings. The molecule has 0 aromatic heterocycles. The molecule has 4 aliphatic carbocycles. The van der Waals surface area contributed by atoms with Gasteiger partial charge < -0.3 is 10.0 Å². The number of amides is 1. The molecule has 0 atom stereocenters. The minimum absolute atomic E-state index is 0.0806. The number of rotatable bonds is 4. The molecule has 1 N–H and O–H groups in total. The van der Waals surface area contributed by atoms with E-state index < -0.39 is 0 Å². The molecule has 1 amide bonds. The average molecular weight is 265 g/mol. The highest BCUT2D eigenvalue weighted by atomic mass is 16.3. The smallest absolute Gasteiger partial charge is 0.226 e. The lowest BCUT2D eigenvalue weighted by molar-refractivity contribution is -0.151. The molecule has 4 saturated carbocycles. The van der Waals surface area contributed by atoms with Crippen LogP contribution >= 0.6 is 0 Å². The van der Waals surface area contributed by atoms with Crippen LogP contribution in [0.5, 0.6) is 0 Å². The van der Waals surface area contributed by atoms with Gasteiger partial charge in [0.15, 0.2) is 0 Å². The van der Waals surface area contributed by atoms with Crippen molar-refractivity contribution in [3.63, 3.8) is 0 Å². The van der Waals surface area contributed by atoms with Gasteiger partial charge in [0, 0.05) is 18.5 Å². The Kier molecular flexibility index (Phi) is 3.59. The highest BCUT2D eigenvalue weighted by molar-refractivity contribution is 5.80. The van der Waals surface area contributed by atoms with Gasteiger partial charge in [-0.2, -0.15) is 0 Å². The Morgan fingerprint density at radius 1 is 1.11 bits per heavy atom. The third-order valence-corrected chi connectivity index (χ3v) is 5.76. The molecule has 19 heavy (non-hydrogen) atoms. The minimum atomic E-state index is 0.0806. The molecule has 0 saturated heterocycles. The standard InChI is InChI=1S/C16H27NO2/c1-10(2)17(3-4-18)16(19)15-13-6-11-5-12(8-13)9-14(15)7-11/h10-15,18H,3-9H2,1-2H3. The molecule has 0 radical (unpaired) electrons. The first-order chi connectivity index (χ1) is 9.10. The first-order valence-electron chi connectivity index (χ1n) is 8.01. The Balaban J connectivity index is 1.76. The van der Waals surface area contributed by atoms with E-state index in [1.165, 1.54) is 32.1 Å². The first kappa shape index (κ1) is 13.4. The van der Waals surface area contributed by atoms with Gasteiger partial charge in [-0.15, -0.1) is 0 Å². The topological polar surface area (TPSA) is 40.5 Å². The maximum absolute atomic E-state index is 12.9. The van der Waals surface area contributed by atoms with Crippen LogP contribution in [0.1, 0.15) is 46.0 Å². The summed E-state index contributed by atoms with van der Waals surface area (Å²) in [7, 11) is 0. The van der Waals surface area contributed by atoms with Gasteiger partial charge in [-0.05, 0) is 69.6 Å². The molecular formula is C16H27NO2. The van der Waals surface area contributed by atoms with E-state index in [-0.39, 0.29) is 18.6 Å². The molecule has 4 bridgehead atoms. The number of hydrogen-bond acceptors (Lipinski definition) is 2. The molecule has 108 valence electrons. The van der Waals surface area contributed by atoms with E-state index in [1.54, 1.807) is 0 Å². The Hall–Kier alpha value is -0.570. The predicted octanol–water partition coefficient (Wildman–Crippen LogP) is 2.29. The Morgan fingerprint density at radius 3 is 2.05 bits per heavy atom. The van der Waals surface area contributed by atoms with Crippen LogP contribution in [-0.2, 0) is 4.79 Å². The zero-order valence-corrected chi connectivity index (χ0v) is 12.2. The molecule has 3 heteroatoms. The molecule has 4 rings (SSSR count). The maximum atomic E-state index is 12.9. The van der Waals surface area contributed by atoms with Gasteiger partial charge >= 0.3 is 0 Å². The van der Waals surface area contributed by atoms with E-state index in [1.807, 2.05) is 4.90 Å². The summed E-state index contributed by atoms with van der Waals surface area (Å²) in [6.07, 6.45) is 6.57. The fraction of sp³-hybridized carbons (Fsp3) is 0.938. The minimum Gasteiger partial charge on any atom is -0.395 e. The molecule has 3 nitrogen and oxygen atoms in total. The van der Waals surface area contributed by atoms with Crippen LogP contribution in [0, 0.1) is 29.6 Å². The van der Waals surface area contributed by atoms with E-state index in [2.05, 4.69) is 13.8 Å². The molecule has 0 aliphatic heterocycles. The normalized spacial score (nSPS) is 39.9. The van der Waals surface area contributed by atoms with Crippen LogP contribution < -0.4 is 0 Å². The fourth-order valence-corrected chi connectivity index (χ4v) is 5.25. The second-order valence-corrected chi connectivity index (χ2v) is 7.31. The van der Waals surface area contributed by atoms with Gasteiger partial charge in [-0.25, -0.2) is 0 Å². The molecule has 0 unspecified atom stereocenters. The third kappa shape index (κ3) is 2.31. The molecule has 0 aromatic carbocycles. The van der Waals surface area contributed by atoms with Gasteiger partial charge in [-0.3, -0.25) is 4.79 Å². The van der Waals surface area contributed by atoms with Crippen LogP contribution in [0.4, 0.5) is 0 Å². The lowest BCUT2D eigenvalue weighted by atomic mass is 9.51. The number of carbonyl (C=O) groups excluding carboxylic acids is 1. The number of nitrogens with zero attached hydrogens (tertiary/aromatic N) is 1.